The summed E-state index contributed by atoms with van der Waals surface area (Å²) in [6, 6.07) is 2.84. The number of carbonyl (C=O) groups is 1. The molecule has 1 aromatic heterocycles. The van der Waals surface area contributed by atoms with Gasteiger partial charge < -0.3 is 20.4 Å². The van der Waals surface area contributed by atoms with Crippen molar-refractivity contribution < 1.29 is 25.2 Å². The minimum atomic E-state index is -1.91. The first-order valence-electron chi connectivity index (χ1n) is 4.21. The van der Waals surface area contributed by atoms with Gasteiger partial charge in [0.25, 0.3) is 0 Å². The molecular weight excluding hydrogens is 202 g/mol. The maximum Gasteiger partial charge on any atom is 0.335 e. The van der Waals surface area contributed by atoms with Gasteiger partial charge in [0.15, 0.2) is 6.10 Å². The Morgan fingerprint density at radius 1 is 1.40 bits per heavy atom. The van der Waals surface area contributed by atoms with E-state index < -0.39 is 18.2 Å². The predicted molar refractivity (Wildman–Crippen MR) is 48.8 cm³/mol. The fraction of sp³-hybridized carbons (Fsp3) is 0.333. The van der Waals surface area contributed by atoms with Gasteiger partial charge in [0, 0.05) is 6.20 Å². The average Bonchev–Trinajstić information content (AvgIpc) is 2.27. The highest BCUT2D eigenvalue weighted by Crippen LogP contribution is 2.14. The summed E-state index contributed by atoms with van der Waals surface area (Å²) in [7, 11) is 0. The van der Waals surface area contributed by atoms with Crippen LogP contribution in [0, 0.1) is 0 Å². The van der Waals surface area contributed by atoms with E-state index in [2.05, 4.69) is 4.98 Å². The van der Waals surface area contributed by atoms with E-state index in [1.54, 1.807) is 0 Å². The Morgan fingerprint density at radius 2 is 2.07 bits per heavy atom. The van der Waals surface area contributed by atoms with E-state index in [4.69, 9.17) is 15.3 Å². The third-order valence-electron chi connectivity index (χ3n) is 1.89. The quantitative estimate of drug-likeness (QED) is 0.513. The molecule has 2 atom stereocenters. The third kappa shape index (κ3) is 2.72. The molecule has 0 aliphatic rings. The fourth-order valence-corrected chi connectivity index (χ4v) is 1.00. The van der Waals surface area contributed by atoms with Crippen molar-refractivity contribution in [1.29, 1.82) is 0 Å². The highest BCUT2D eigenvalue weighted by atomic mass is 16.4. The lowest BCUT2D eigenvalue weighted by Gasteiger charge is -2.13. The van der Waals surface area contributed by atoms with E-state index in [-0.39, 0.29) is 12.3 Å². The smallest absolute Gasteiger partial charge is 0.335 e. The highest BCUT2D eigenvalue weighted by molar-refractivity contribution is 5.72. The third-order valence-corrected chi connectivity index (χ3v) is 1.89. The molecule has 0 fully saturated rings. The number of nitrogens with zero attached hydrogens (tertiary/aromatic N) is 1. The monoisotopic (exact) mass is 213 g/mol. The number of rotatable bonds is 4. The van der Waals surface area contributed by atoms with Crippen molar-refractivity contribution in [1.82, 2.24) is 4.98 Å². The summed E-state index contributed by atoms with van der Waals surface area (Å²) in [5.74, 6) is -1.52. The first-order valence-corrected chi connectivity index (χ1v) is 4.21. The van der Waals surface area contributed by atoms with E-state index in [1.165, 1.54) is 18.3 Å². The van der Waals surface area contributed by atoms with Gasteiger partial charge in [-0.2, -0.15) is 0 Å². The number of aliphatic carboxylic acids is 1. The van der Waals surface area contributed by atoms with Crippen LogP contribution in [0.4, 0.5) is 0 Å². The zero-order valence-corrected chi connectivity index (χ0v) is 7.74. The molecule has 0 radical (unpaired) electrons. The lowest BCUT2D eigenvalue weighted by Crippen LogP contribution is -2.28. The molecule has 6 nitrogen and oxygen atoms in total. The average molecular weight is 213 g/mol. The number of aliphatic hydroxyl groups excluding tert-OH is 3. The van der Waals surface area contributed by atoms with Crippen molar-refractivity contribution in [2.45, 2.75) is 18.8 Å². The van der Waals surface area contributed by atoms with Crippen molar-refractivity contribution in [3.8, 4) is 0 Å². The zero-order valence-electron chi connectivity index (χ0n) is 7.74. The second kappa shape index (κ2) is 4.83. The Hall–Kier alpha value is -1.50. The number of hydrogen-bond donors (Lipinski definition) is 4. The van der Waals surface area contributed by atoms with E-state index in [0.717, 1.165) is 0 Å². The van der Waals surface area contributed by atoms with Gasteiger partial charge in [-0.25, -0.2) is 4.79 Å². The molecule has 1 aromatic rings. The summed E-state index contributed by atoms with van der Waals surface area (Å²) < 4.78 is 0. The second-order valence-electron chi connectivity index (χ2n) is 2.98. The second-order valence-corrected chi connectivity index (χ2v) is 2.98. The largest absolute Gasteiger partial charge is 0.479 e. The van der Waals surface area contributed by atoms with Crippen LogP contribution in [0.3, 0.4) is 0 Å². The molecule has 0 spiro atoms. The molecule has 2 unspecified atom stereocenters. The van der Waals surface area contributed by atoms with Crippen molar-refractivity contribution in [2.24, 2.45) is 0 Å². The summed E-state index contributed by atoms with van der Waals surface area (Å²) in [6.07, 6.45) is -2.18. The molecule has 4 N–H and O–H groups in total. The molecule has 0 amide bonds. The molecule has 0 aliphatic heterocycles. The molecule has 0 saturated heterocycles. The van der Waals surface area contributed by atoms with Crippen molar-refractivity contribution >= 4 is 5.97 Å². The predicted octanol–water partition coefficient (Wildman–Crippen LogP) is -0.947. The SMILES string of the molecule is O=C(O)C(O)C(O)c1ccc(CO)cn1. The van der Waals surface area contributed by atoms with Crippen LogP contribution in [-0.4, -0.2) is 37.5 Å². The van der Waals surface area contributed by atoms with Gasteiger partial charge in [0.05, 0.1) is 12.3 Å². The lowest BCUT2D eigenvalue weighted by molar-refractivity contribution is -0.153. The minimum Gasteiger partial charge on any atom is -0.479 e. The molecule has 0 aromatic carbocycles. The van der Waals surface area contributed by atoms with E-state index in [9.17, 15) is 9.90 Å². The van der Waals surface area contributed by atoms with E-state index in [1.807, 2.05) is 0 Å². The van der Waals surface area contributed by atoms with Crippen LogP contribution in [0.5, 0.6) is 0 Å². The number of pyridine rings is 1. The standard InChI is InChI=1S/C9H11NO5/c11-4-5-1-2-6(10-3-5)7(12)8(13)9(14)15/h1-3,7-8,11-13H,4H2,(H,14,15). The van der Waals surface area contributed by atoms with Gasteiger partial charge in [-0.3, -0.25) is 4.98 Å². The molecular formula is C9H11NO5. The summed E-state index contributed by atoms with van der Waals surface area (Å²) in [4.78, 5) is 14.1. The molecule has 0 aliphatic carbocycles. The Balaban J connectivity index is 2.82. The Labute approximate surface area is 85.4 Å². The summed E-state index contributed by atoms with van der Waals surface area (Å²) in [5, 5.41) is 35.6. The maximum atomic E-state index is 10.4. The molecule has 1 heterocycles. The van der Waals surface area contributed by atoms with Gasteiger partial charge in [-0.05, 0) is 11.6 Å². The van der Waals surface area contributed by atoms with Crippen molar-refractivity contribution in [3.05, 3.63) is 29.6 Å². The van der Waals surface area contributed by atoms with Crippen LogP contribution in [0.15, 0.2) is 18.3 Å². The number of hydrogen-bond acceptors (Lipinski definition) is 5. The summed E-state index contributed by atoms with van der Waals surface area (Å²) in [6.45, 7) is -0.190. The summed E-state index contributed by atoms with van der Waals surface area (Å²) in [5.41, 5.74) is 0.581. The van der Waals surface area contributed by atoms with E-state index >= 15 is 0 Å². The molecule has 82 valence electrons. The van der Waals surface area contributed by atoms with Crippen LogP contribution >= 0.6 is 0 Å². The Kier molecular flexibility index (Phi) is 3.73. The molecule has 1 rings (SSSR count). The first-order chi connectivity index (χ1) is 7.06. The fourth-order valence-electron chi connectivity index (χ4n) is 1.00. The van der Waals surface area contributed by atoms with Crippen LogP contribution in [0.1, 0.15) is 17.4 Å². The van der Waals surface area contributed by atoms with Gasteiger partial charge in [0.2, 0.25) is 0 Å². The van der Waals surface area contributed by atoms with Crippen LogP contribution in [-0.2, 0) is 11.4 Å². The van der Waals surface area contributed by atoms with Crippen molar-refractivity contribution in [2.75, 3.05) is 0 Å². The van der Waals surface area contributed by atoms with E-state index in [0.29, 0.717) is 5.56 Å². The molecule has 6 heteroatoms. The normalized spacial score (nSPS) is 14.6. The van der Waals surface area contributed by atoms with Gasteiger partial charge in [-0.1, -0.05) is 6.07 Å². The number of aliphatic hydroxyl groups is 3. The maximum absolute atomic E-state index is 10.4. The van der Waals surface area contributed by atoms with Crippen molar-refractivity contribution in [3.63, 3.8) is 0 Å². The van der Waals surface area contributed by atoms with Crippen LogP contribution < -0.4 is 0 Å². The number of carboxylic acid groups (broad SMARTS) is 1. The first kappa shape index (κ1) is 11.6. The Morgan fingerprint density at radius 3 is 2.47 bits per heavy atom. The molecule has 15 heavy (non-hydrogen) atoms. The minimum absolute atomic E-state index is 0.0436. The number of aromatic nitrogens is 1. The molecule has 0 bridgehead atoms. The summed E-state index contributed by atoms with van der Waals surface area (Å²) >= 11 is 0. The zero-order chi connectivity index (χ0) is 11.4. The lowest BCUT2D eigenvalue weighted by atomic mass is 10.1. The van der Waals surface area contributed by atoms with Gasteiger partial charge in [0.1, 0.15) is 6.10 Å². The molecule has 0 saturated carbocycles. The topological polar surface area (TPSA) is 111 Å². The Bertz CT molecular complexity index is 337. The van der Waals surface area contributed by atoms with Crippen LogP contribution in [0.2, 0.25) is 0 Å². The van der Waals surface area contributed by atoms with Crippen LogP contribution in [0.25, 0.3) is 0 Å². The van der Waals surface area contributed by atoms with Gasteiger partial charge in [-0.15, -0.1) is 0 Å². The van der Waals surface area contributed by atoms with Gasteiger partial charge >= 0.3 is 5.97 Å². The highest BCUT2D eigenvalue weighted by Gasteiger charge is 2.25. The number of carboxylic acids is 1.